The Hall–Kier alpha value is -3.59. The summed E-state index contributed by atoms with van der Waals surface area (Å²) in [6.07, 6.45) is 3.01. The summed E-state index contributed by atoms with van der Waals surface area (Å²) < 4.78 is 5.25. The highest BCUT2D eigenvalue weighted by molar-refractivity contribution is 5.93. The second-order valence-corrected chi connectivity index (χ2v) is 5.15. The average molecular weight is 335 g/mol. The van der Waals surface area contributed by atoms with Crippen LogP contribution in [-0.2, 0) is 9.59 Å². The van der Waals surface area contributed by atoms with E-state index in [1.807, 2.05) is 37.3 Å². The topological polar surface area (TPSA) is 91.2 Å². The van der Waals surface area contributed by atoms with Crippen LogP contribution in [0.1, 0.15) is 16.7 Å². The van der Waals surface area contributed by atoms with Gasteiger partial charge >= 0.3 is 0 Å². The molecule has 6 nitrogen and oxygen atoms in total. The fraction of sp³-hybridized carbons (Fsp3) is 0.105. The van der Waals surface area contributed by atoms with Crippen molar-refractivity contribution in [3.05, 3.63) is 71.3 Å². The van der Waals surface area contributed by atoms with Crippen molar-refractivity contribution in [3.8, 4) is 11.8 Å². The quantitative estimate of drug-likeness (QED) is 0.647. The molecule has 0 saturated carbocycles. The maximum atomic E-state index is 11.7. The molecule has 0 fully saturated rings. The van der Waals surface area contributed by atoms with Gasteiger partial charge in [0.25, 0.3) is 11.8 Å². The Bertz CT molecular complexity index is 821. The van der Waals surface area contributed by atoms with Crippen molar-refractivity contribution in [3.63, 3.8) is 0 Å². The molecule has 0 aliphatic rings. The highest BCUT2D eigenvalue weighted by atomic mass is 16.5. The molecule has 0 aliphatic heterocycles. The fourth-order valence-corrected chi connectivity index (χ4v) is 1.92. The molecular formula is C19H17N3O3. The molecule has 25 heavy (non-hydrogen) atoms. The Morgan fingerprint density at radius 1 is 1.12 bits per heavy atom. The van der Waals surface area contributed by atoms with E-state index in [2.05, 4.69) is 10.9 Å². The lowest BCUT2D eigenvalue weighted by Crippen LogP contribution is -2.43. The van der Waals surface area contributed by atoms with Crippen LogP contribution in [0.4, 0.5) is 0 Å². The van der Waals surface area contributed by atoms with Crippen molar-refractivity contribution in [2.45, 2.75) is 6.92 Å². The summed E-state index contributed by atoms with van der Waals surface area (Å²) in [5.41, 5.74) is 7.01. The number of nitrogens with zero attached hydrogens (tertiary/aromatic N) is 1. The van der Waals surface area contributed by atoms with Crippen LogP contribution in [0.3, 0.4) is 0 Å². The minimum Gasteiger partial charge on any atom is -0.484 e. The van der Waals surface area contributed by atoms with Crippen molar-refractivity contribution in [2.75, 3.05) is 6.61 Å². The van der Waals surface area contributed by atoms with Gasteiger partial charge in [0, 0.05) is 6.08 Å². The van der Waals surface area contributed by atoms with Crippen molar-refractivity contribution in [1.82, 2.24) is 10.9 Å². The number of hydrogen-bond donors (Lipinski definition) is 2. The van der Waals surface area contributed by atoms with Crippen molar-refractivity contribution < 1.29 is 14.3 Å². The molecule has 2 aromatic rings. The van der Waals surface area contributed by atoms with Gasteiger partial charge in [0.15, 0.2) is 6.61 Å². The van der Waals surface area contributed by atoms with Crippen LogP contribution in [0.15, 0.2) is 54.6 Å². The van der Waals surface area contributed by atoms with Crippen LogP contribution in [-0.4, -0.2) is 18.4 Å². The fourth-order valence-electron chi connectivity index (χ4n) is 1.92. The van der Waals surface area contributed by atoms with E-state index in [1.165, 1.54) is 6.08 Å². The zero-order valence-corrected chi connectivity index (χ0v) is 13.7. The third-order valence-electron chi connectivity index (χ3n) is 3.28. The van der Waals surface area contributed by atoms with Gasteiger partial charge in [-0.05, 0) is 48.4 Å². The number of hydrazine groups is 1. The molecule has 0 unspecified atom stereocenters. The number of aryl methyl sites for hydroxylation is 1. The van der Waals surface area contributed by atoms with E-state index < -0.39 is 11.8 Å². The van der Waals surface area contributed by atoms with Gasteiger partial charge in [-0.2, -0.15) is 5.26 Å². The SMILES string of the molecule is Cc1ccccc1/C=C/C(=O)NNC(=O)COc1ccc(C#N)cc1. The van der Waals surface area contributed by atoms with E-state index in [9.17, 15) is 9.59 Å². The largest absolute Gasteiger partial charge is 0.484 e. The Labute approximate surface area is 145 Å². The molecule has 0 saturated heterocycles. The summed E-state index contributed by atoms with van der Waals surface area (Å²) in [6.45, 7) is 1.69. The normalized spacial score (nSPS) is 10.1. The highest BCUT2D eigenvalue weighted by Crippen LogP contribution is 2.11. The Morgan fingerprint density at radius 2 is 1.84 bits per heavy atom. The number of carbonyl (C=O) groups is 2. The second kappa shape index (κ2) is 8.89. The van der Waals surface area contributed by atoms with Crippen LogP contribution in [0, 0.1) is 18.3 Å². The molecule has 0 spiro atoms. The van der Waals surface area contributed by atoms with Crippen LogP contribution in [0.2, 0.25) is 0 Å². The van der Waals surface area contributed by atoms with Gasteiger partial charge in [0.2, 0.25) is 0 Å². The van der Waals surface area contributed by atoms with Gasteiger partial charge in [-0.3, -0.25) is 20.4 Å². The molecular weight excluding hydrogens is 318 g/mol. The molecule has 2 N–H and O–H groups in total. The monoisotopic (exact) mass is 335 g/mol. The molecule has 0 atom stereocenters. The number of nitriles is 1. The number of rotatable bonds is 5. The lowest BCUT2D eigenvalue weighted by Gasteiger charge is -2.07. The van der Waals surface area contributed by atoms with Crippen LogP contribution in [0.5, 0.6) is 5.75 Å². The lowest BCUT2D eigenvalue weighted by molar-refractivity contribution is -0.128. The van der Waals surface area contributed by atoms with Gasteiger partial charge in [0.1, 0.15) is 5.75 Å². The van der Waals surface area contributed by atoms with Crippen molar-refractivity contribution >= 4 is 17.9 Å². The lowest BCUT2D eigenvalue weighted by atomic mass is 10.1. The number of nitrogens with one attached hydrogen (secondary N) is 2. The van der Waals surface area contributed by atoms with E-state index >= 15 is 0 Å². The van der Waals surface area contributed by atoms with Gasteiger partial charge in [-0.1, -0.05) is 24.3 Å². The number of hydrogen-bond acceptors (Lipinski definition) is 4. The summed E-state index contributed by atoms with van der Waals surface area (Å²) in [5, 5.41) is 8.70. The minimum atomic E-state index is -0.498. The molecule has 6 heteroatoms. The predicted molar refractivity (Wildman–Crippen MR) is 93.2 cm³/mol. The molecule has 2 amide bonds. The van der Waals surface area contributed by atoms with Gasteiger partial charge in [0.05, 0.1) is 11.6 Å². The zero-order chi connectivity index (χ0) is 18.1. The maximum absolute atomic E-state index is 11.7. The number of ether oxygens (including phenoxy) is 1. The van der Waals surface area contributed by atoms with Gasteiger partial charge in [-0.15, -0.1) is 0 Å². The minimum absolute atomic E-state index is 0.256. The summed E-state index contributed by atoms with van der Waals surface area (Å²) >= 11 is 0. The molecule has 2 aromatic carbocycles. The van der Waals surface area contributed by atoms with E-state index in [0.29, 0.717) is 11.3 Å². The van der Waals surface area contributed by atoms with E-state index in [1.54, 1.807) is 30.3 Å². The Kier molecular flexibility index (Phi) is 6.32. The Morgan fingerprint density at radius 3 is 2.52 bits per heavy atom. The first-order chi connectivity index (χ1) is 12.1. The van der Waals surface area contributed by atoms with E-state index in [0.717, 1.165) is 11.1 Å². The van der Waals surface area contributed by atoms with E-state index in [-0.39, 0.29) is 6.61 Å². The van der Waals surface area contributed by atoms with Gasteiger partial charge in [-0.25, -0.2) is 0 Å². The average Bonchev–Trinajstić information content (AvgIpc) is 2.64. The molecule has 0 heterocycles. The standard InChI is InChI=1S/C19H17N3O3/c1-14-4-2-3-5-16(14)8-11-18(23)21-22-19(24)13-25-17-9-6-15(12-20)7-10-17/h2-11H,13H2,1H3,(H,21,23)(H,22,24)/b11-8+. The third kappa shape index (κ3) is 5.84. The van der Waals surface area contributed by atoms with Crippen LogP contribution < -0.4 is 15.6 Å². The smallest absolute Gasteiger partial charge is 0.276 e. The molecule has 2 rings (SSSR count). The number of benzene rings is 2. The van der Waals surface area contributed by atoms with Crippen molar-refractivity contribution in [2.24, 2.45) is 0 Å². The highest BCUT2D eigenvalue weighted by Gasteiger charge is 2.04. The summed E-state index contributed by atoms with van der Waals surface area (Å²) in [4.78, 5) is 23.3. The summed E-state index contributed by atoms with van der Waals surface area (Å²) in [5.74, 6) is -0.489. The van der Waals surface area contributed by atoms with Crippen molar-refractivity contribution in [1.29, 1.82) is 5.26 Å². The molecule has 0 aliphatic carbocycles. The zero-order valence-electron chi connectivity index (χ0n) is 13.7. The maximum Gasteiger partial charge on any atom is 0.276 e. The van der Waals surface area contributed by atoms with E-state index in [4.69, 9.17) is 10.00 Å². The Balaban J connectivity index is 1.74. The van der Waals surface area contributed by atoms with Gasteiger partial charge < -0.3 is 4.74 Å². The number of carbonyl (C=O) groups excluding carboxylic acids is 2. The summed E-state index contributed by atoms with van der Waals surface area (Å²) in [6, 6.07) is 16.0. The first-order valence-electron chi connectivity index (χ1n) is 7.54. The molecule has 0 bridgehead atoms. The summed E-state index contributed by atoms with van der Waals surface area (Å²) in [7, 11) is 0. The third-order valence-corrected chi connectivity index (χ3v) is 3.28. The first kappa shape index (κ1) is 17.8. The first-order valence-corrected chi connectivity index (χ1v) is 7.54. The number of amides is 2. The van der Waals surface area contributed by atoms with Crippen LogP contribution in [0.25, 0.3) is 6.08 Å². The molecule has 0 aromatic heterocycles. The predicted octanol–water partition coefficient (Wildman–Crippen LogP) is 2.11. The van der Waals surface area contributed by atoms with Crippen LogP contribution >= 0.6 is 0 Å². The molecule has 126 valence electrons. The second-order valence-electron chi connectivity index (χ2n) is 5.15. The molecule has 0 radical (unpaired) electrons.